The molecule has 16 heavy (non-hydrogen) atoms. The Morgan fingerprint density at radius 3 is 2.00 bits per heavy atom. The average Bonchev–Trinajstić information content (AvgIpc) is 2.28. The molecule has 0 saturated heterocycles. The second-order valence-corrected chi connectivity index (χ2v) is 4.25. The van der Waals surface area contributed by atoms with Gasteiger partial charge in [0.05, 0.1) is 6.10 Å². The average molecular weight is 295 g/mol. The van der Waals surface area contributed by atoms with E-state index in [1.807, 2.05) is 0 Å². The zero-order chi connectivity index (χ0) is 12.1. The molecule has 5 heteroatoms. The Labute approximate surface area is 101 Å². The Morgan fingerprint density at radius 2 is 1.56 bits per heavy atom. The van der Waals surface area contributed by atoms with Crippen molar-refractivity contribution in [2.24, 2.45) is 0 Å². The van der Waals surface area contributed by atoms with Crippen LogP contribution in [0.5, 0.6) is 0 Å². The molecule has 2 unspecified atom stereocenters. The monoisotopic (exact) mass is 294 g/mol. The van der Waals surface area contributed by atoms with Gasteiger partial charge in [-0.3, -0.25) is 0 Å². The molecule has 2 atom stereocenters. The van der Waals surface area contributed by atoms with Gasteiger partial charge in [-0.1, -0.05) is 40.2 Å². The summed E-state index contributed by atoms with van der Waals surface area (Å²) in [5.41, 5.74) is 0.351. The third-order valence-electron chi connectivity index (χ3n) is 2.30. The fourth-order valence-corrected chi connectivity index (χ4v) is 1.80. The second kappa shape index (κ2) is 6.27. The Bertz CT molecular complexity index is 316. The van der Waals surface area contributed by atoms with Crippen LogP contribution in [-0.2, 0) is 0 Å². The van der Waals surface area contributed by atoms with Gasteiger partial charge in [-0.2, -0.15) is 0 Å². The molecule has 0 aliphatic rings. The number of halogens is 3. The molecule has 0 aliphatic carbocycles. The van der Waals surface area contributed by atoms with Gasteiger partial charge >= 0.3 is 0 Å². The summed E-state index contributed by atoms with van der Waals surface area (Å²) in [6.07, 6.45) is -4.04. The van der Waals surface area contributed by atoms with Crippen molar-refractivity contribution in [3.05, 3.63) is 35.4 Å². The fourth-order valence-electron chi connectivity index (χ4n) is 1.33. The van der Waals surface area contributed by atoms with Crippen molar-refractivity contribution in [2.75, 3.05) is 5.33 Å². The number of aliphatic hydroxyl groups excluding tert-OH is 2. The van der Waals surface area contributed by atoms with Crippen LogP contribution in [0.15, 0.2) is 24.3 Å². The fraction of sp³-hybridized carbons (Fsp3) is 0.455. The third kappa shape index (κ3) is 3.50. The SMILES string of the molecule is OC(CCBr)C(O)c1ccc(C(F)F)cc1. The van der Waals surface area contributed by atoms with Crippen LogP contribution in [0.2, 0.25) is 0 Å². The summed E-state index contributed by atoms with van der Waals surface area (Å²) in [5, 5.41) is 19.8. The highest BCUT2D eigenvalue weighted by molar-refractivity contribution is 9.09. The first-order valence-corrected chi connectivity index (χ1v) is 5.98. The molecule has 1 rings (SSSR count). The molecular weight excluding hydrogens is 282 g/mol. The molecule has 90 valence electrons. The maximum Gasteiger partial charge on any atom is 0.263 e. The van der Waals surface area contributed by atoms with Gasteiger partial charge in [0.25, 0.3) is 6.43 Å². The molecule has 0 aromatic heterocycles. The van der Waals surface area contributed by atoms with E-state index in [1.54, 1.807) is 0 Å². The molecule has 0 saturated carbocycles. The molecule has 0 heterocycles. The van der Waals surface area contributed by atoms with Crippen LogP contribution in [0.4, 0.5) is 8.78 Å². The quantitative estimate of drug-likeness (QED) is 0.820. The van der Waals surface area contributed by atoms with E-state index in [0.717, 1.165) is 0 Å². The largest absolute Gasteiger partial charge is 0.390 e. The molecular formula is C11H13BrF2O2. The number of benzene rings is 1. The lowest BCUT2D eigenvalue weighted by atomic mass is 10.0. The minimum atomic E-state index is -2.52. The third-order valence-corrected chi connectivity index (χ3v) is 2.76. The first-order chi connectivity index (χ1) is 7.56. The number of rotatable bonds is 5. The summed E-state index contributed by atoms with van der Waals surface area (Å²) in [5.74, 6) is 0. The number of alkyl halides is 3. The van der Waals surface area contributed by atoms with Gasteiger partial charge in [0.15, 0.2) is 0 Å². The minimum Gasteiger partial charge on any atom is -0.390 e. The zero-order valence-corrected chi connectivity index (χ0v) is 10.1. The van der Waals surface area contributed by atoms with Crippen LogP contribution >= 0.6 is 15.9 Å². The molecule has 2 N–H and O–H groups in total. The lowest BCUT2D eigenvalue weighted by molar-refractivity contribution is 0.0173. The van der Waals surface area contributed by atoms with Gasteiger partial charge in [-0.05, 0) is 12.0 Å². The summed E-state index contributed by atoms with van der Waals surface area (Å²) in [6, 6.07) is 5.32. The minimum absolute atomic E-state index is 0.0917. The van der Waals surface area contributed by atoms with Crippen LogP contribution in [0.1, 0.15) is 30.1 Å². The van der Waals surface area contributed by atoms with Gasteiger partial charge in [0, 0.05) is 10.9 Å². The van der Waals surface area contributed by atoms with Gasteiger partial charge in [0.2, 0.25) is 0 Å². The number of hydrogen-bond acceptors (Lipinski definition) is 2. The maximum atomic E-state index is 12.3. The highest BCUT2D eigenvalue weighted by Gasteiger charge is 2.18. The van der Waals surface area contributed by atoms with E-state index >= 15 is 0 Å². The molecule has 0 fully saturated rings. The van der Waals surface area contributed by atoms with Crippen molar-refractivity contribution in [1.82, 2.24) is 0 Å². The summed E-state index contributed by atoms with van der Waals surface area (Å²) in [7, 11) is 0. The zero-order valence-electron chi connectivity index (χ0n) is 8.48. The highest BCUT2D eigenvalue weighted by Crippen LogP contribution is 2.23. The molecule has 0 aliphatic heterocycles. The molecule has 0 bridgehead atoms. The Morgan fingerprint density at radius 1 is 1.06 bits per heavy atom. The van der Waals surface area contributed by atoms with Crippen LogP contribution in [0.3, 0.4) is 0 Å². The smallest absolute Gasteiger partial charge is 0.263 e. The van der Waals surface area contributed by atoms with E-state index in [-0.39, 0.29) is 5.56 Å². The standard InChI is InChI=1S/C11H13BrF2O2/c12-6-5-9(15)10(16)7-1-3-8(4-2-7)11(13)14/h1-4,9-11,15-16H,5-6H2. The van der Waals surface area contributed by atoms with Crippen LogP contribution in [-0.4, -0.2) is 21.6 Å². The molecule has 1 aromatic carbocycles. The van der Waals surface area contributed by atoms with Gasteiger partial charge in [-0.25, -0.2) is 8.78 Å². The summed E-state index contributed by atoms with van der Waals surface area (Å²) in [4.78, 5) is 0. The van der Waals surface area contributed by atoms with Crippen LogP contribution in [0.25, 0.3) is 0 Å². The first kappa shape index (κ1) is 13.5. The lowest BCUT2D eigenvalue weighted by Crippen LogP contribution is -2.18. The van der Waals surface area contributed by atoms with Gasteiger partial charge < -0.3 is 10.2 Å². The highest BCUT2D eigenvalue weighted by atomic mass is 79.9. The van der Waals surface area contributed by atoms with E-state index in [4.69, 9.17) is 0 Å². The first-order valence-electron chi connectivity index (χ1n) is 4.86. The van der Waals surface area contributed by atoms with Crippen molar-refractivity contribution < 1.29 is 19.0 Å². The summed E-state index contributed by atoms with van der Waals surface area (Å²) in [6.45, 7) is 0. The molecule has 2 nitrogen and oxygen atoms in total. The number of aliphatic hydroxyl groups is 2. The van der Waals surface area contributed by atoms with Crippen molar-refractivity contribution in [3.8, 4) is 0 Å². The Kier molecular flexibility index (Phi) is 5.31. The molecule has 0 spiro atoms. The van der Waals surface area contributed by atoms with E-state index in [9.17, 15) is 19.0 Å². The molecule has 0 radical (unpaired) electrons. The predicted octanol–water partition coefficient (Wildman–Crippen LogP) is 2.80. The number of hydrogen-bond donors (Lipinski definition) is 2. The van der Waals surface area contributed by atoms with Gasteiger partial charge in [-0.15, -0.1) is 0 Å². The van der Waals surface area contributed by atoms with E-state index < -0.39 is 18.6 Å². The van der Waals surface area contributed by atoms with Crippen molar-refractivity contribution in [3.63, 3.8) is 0 Å². The Balaban J connectivity index is 2.73. The van der Waals surface area contributed by atoms with E-state index in [0.29, 0.717) is 17.3 Å². The topological polar surface area (TPSA) is 40.5 Å². The van der Waals surface area contributed by atoms with Crippen LogP contribution < -0.4 is 0 Å². The predicted molar refractivity (Wildman–Crippen MR) is 60.8 cm³/mol. The lowest BCUT2D eigenvalue weighted by Gasteiger charge is -2.17. The molecule has 0 amide bonds. The Hall–Kier alpha value is -0.520. The summed E-state index contributed by atoms with van der Waals surface area (Å²) >= 11 is 3.15. The van der Waals surface area contributed by atoms with Crippen molar-refractivity contribution in [2.45, 2.75) is 25.1 Å². The molecule has 1 aromatic rings. The second-order valence-electron chi connectivity index (χ2n) is 3.46. The van der Waals surface area contributed by atoms with E-state index in [1.165, 1.54) is 24.3 Å². The van der Waals surface area contributed by atoms with Crippen LogP contribution in [0, 0.1) is 0 Å². The maximum absolute atomic E-state index is 12.3. The van der Waals surface area contributed by atoms with Crippen molar-refractivity contribution >= 4 is 15.9 Å². The van der Waals surface area contributed by atoms with Gasteiger partial charge in [0.1, 0.15) is 6.10 Å². The normalized spacial score (nSPS) is 15.1. The summed E-state index contributed by atoms with van der Waals surface area (Å²) < 4.78 is 24.5. The van der Waals surface area contributed by atoms with Crippen molar-refractivity contribution in [1.29, 1.82) is 0 Å². The van der Waals surface area contributed by atoms with E-state index in [2.05, 4.69) is 15.9 Å².